The first-order chi connectivity index (χ1) is 9.04. The average molecular weight is 318 g/mol. The van der Waals surface area contributed by atoms with Crippen LogP contribution in [-0.2, 0) is 4.79 Å². The molecule has 1 atom stereocenters. The third-order valence-electron chi connectivity index (χ3n) is 3.29. The second kappa shape index (κ2) is 6.81. The number of nitrogens with zero attached hydrogens (tertiary/aromatic N) is 1. The summed E-state index contributed by atoms with van der Waals surface area (Å²) in [5, 5.41) is 2.89. The van der Waals surface area contributed by atoms with Gasteiger partial charge in [0.1, 0.15) is 6.04 Å². The molecule has 1 saturated heterocycles. The summed E-state index contributed by atoms with van der Waals surface area (Å²) in [4.78, 5) is 25.7. The smallest absolute Gasteiger partial charge is 0.256 e. The molecule has 7 heteroatoms. The molecule has 2 rings (SSSR count). The first kappa shape index (κ1) is 16.6. The number of nitrogens with two attached hydrogens (primary N) is 1. The Kier molecular flexibility index (Phi) is 5.65. The van der Waals surface area contributed by atoms with Gasteiger partial charge in [0.2, 0.25) is 5.91 Å². The van der Waals surface area contributed by atoms with E-state index in [2.05, 4.69) is 5.32 Å². The molecule has 2 amide bonds. The van der Waals surface area contributed by atoms with E-state index >= 15 is 0 Å². The predicted molar refractivity (Wildman–Crippen MR) is 81.2 cm³/mol. The van der Waals surface area contributed by atoms with Crippen molar-refractivity contribution in [2.45, 2.75) is 18.9 Å². The number of nitrogen functional groups attached to an aromatic ring is 1. The van der Waals surface area contributed by atoms with Gasteiger partial charge in [-0.1, -0.05) is 11.6 Å². The van der Waals surface area contributed by atoms with E-state index in [0.29, 0.717) is 29.2 Å². The summed E-state index contributed by atoms with van der Waals surface area (Å²) < 4.78 is 0. The number of carbonyl (C=O) groups is 2. The van der Waals surface area contributed by atoms with Gasteiger partial charge in [-0.3, -0.25) is 9.59 Å². The number of carbonyl (C=O) groups excluding carboxylic acids is 2. The lowest BCUT2D eigenvalue weighted by Gasteiger charge is -2.23. The Hall–Kier alpha value is -1.46. The number of likely N-dealkylation sites (tertiary alicyclic amines) is 1. The minimum atomic E-state index is -0.411. The fraction of sp³-hybridized carbons (Fsp3) is 0.385. The highest BCUT2D eigenvalue weighted by Gasteiger charge is 2.34. The lowest BCUT2D eigenvalue weighted by Crippen LogP contribution is -2.45. The summed E-state index contributed by atoms with van der Waals surface area (Å²) in [6, 6.07) is 4.36. The van der Waals surface area contributed by atoms with Crippen molar-refractivity contribution in [3.63, 3.8) is 0 Å². The van der Waals surface area contributed by atoms with Crippen LogP contribution in [0.25, 0.3) is 0 Å². The Labute approximate surface area is 128 Å². The van der Waals surface area contributed by atoms with Crippen LogP contribution in [0, 0.1) is 0 Å². The maximum Gasteiger partial charge on any atom is 0.256 e. The van der Waals surface area contributed by atoms with Crippen LogP contribution in [0.1, 0.15) is 23.2 Å². The molecular weight excluding hydrogens is 301 g/mol. The Morgan fingerprint density at radius 1 is 1.45 bits per heavy atom. The third-order valence-corrected chi connectivity index (χ3v) is 3.60. The van der Waals surface area contributed by atoms with Crippen LogP contribution >= 0.6 is 24.0 Å². The molecule has 1 aliphatic rings. The van der Waals surface area contributed by atoms with Crippen LogP contribution in [0.4, 0.5) is 5.69 Å². The van der Waals surface area contributed by atoms with Crippen LogP contribution in [-0.4, -0.2) is 36.3 Å². The van der Waals surface area contributed by atoms with E-state index in [0.717, 1.165) is 6.42 Å². The quantitative estimate of drug-likeness (QED) is 0.815. The first-order valence-electron chi connectivity index (χ1n) is 6.12. The van der Waals surface area contributed by atoms with Crippen molar-refractivity contribution in [2.75, 3.05) is 19.3 Å². The zero-order valence-corrected chi connectivity index (χ0v) is 12.6. The predicted octanol–water partition coefficient (Wildman–Crippen LogP) is 1.69. The number of nitrogens with one attached hydrogen (secondary N) is 1. The number of anilines is 1. The Morgan fingerprint density at radius 3 is 2.75 bits per heavy atom. The molecule has 20 heavy (non-hydrogen) atoms. The molecule has 0 spiro atoms. The van der Waals surface area contributed by atoms with Gasteiger partial charge in [0.25, 0.3) is 5.91 Å². The molecule has 0 aliphatic carbocycles. The maximum absolute atomic E-state index is 12.4. The third kappa shape index (κ3) is 3.16. The lowest BCUT2D eigenvalue weighted by atomic mass is 10.1. The van der Waals surface area contributed by atoms with Crippen LogP contribution in [0.2, 0.25) is 5.02 Å². The second-order valence-corrected chi connectivity index (χ2v) is 4.92. The fourth-order valence-corrected chi connectivity index (χ4v) is 2.58. The molecule has 1 heterocycles. The van der Waals surface area contributed by atoms with Gasteiger partial charge in [-0.25, -0.2) is 0 Å². The molecule has 1 aromatic carbocycles. The molecule has 1 aliphatic heterocycles. The minimum absolute atomic E-state index is 0. The molecule has 0 bridgehead atoms. The Bertz CT molecular complexity index is 522. The summed E-state index contributed by atoms with van der Waals surface area (Å²) in [6.45, 7) is 0.567. The number of likely N-dealkylation sites (N-methyl/N-ethyl adjacent to an activating group) is 1. The highest BCUT2D eigenvalue weighted by molar-refractivity contribution is 6.34. The number of amides is 2. The van der Waals surface area contributed by atoms with Crippen LogP contribution in [0.3, 0.4) is 0 Å². The molecule has 1 fully saturated rings. The molecule has 0 aromatic heterocycles. The Morgan fingerprint density at radius 2 is 2.15 bits per heavy atom. The zero-order chi connectivity index (χ0) is 14.0. The first-order valence-corrected chi connectivity index (χ1v) is 6.50. The second-order valence-electron chi connectivity index (χ2n) is 4.51. The summed E-state index contributed by atoms with van der Waals surface area (Å²) in [5.74, 6) is -0.367. The molecule has 3 N–H and O–H groups in total. The number of rotatable bonds is 2. The Balaban J connectivity index is 0.00000200. The van der Waals surface area contributed by atoms with E-state index in [1.165, 1.54) is 0 Å². The van der Waals surface area contributed by atoms with Gasteiger partial charge >= 0.3 is 0 Å². The van der Waals surface area contributed by atoms with E-state index in [-0.39, 0.29) is 24.2 Å². The van der Waals surface area contributed by atoms with Crippen molar-refractivity contribution in [3.05, 3.63) is 28.8 Å². The van der Waals surface area contributed by atoms with Crippen molar-refractivity contribution in [2.24, 2.45) is 0 Å². The van der Waals surface area contributed by atoms with Crippen LogP contribution in [0.5, 0.6) is 0 Å². The van der Waals surface area contributed by atoms with Gasteiger partial charge in [-0.2, -0.15) is 0 Å². The molecular formula is C13H17Cl2N3O2. The van der Waals surface area contributed by atoms with E-state index in [9.17, 15) is 9.59 Å². The van der Waals surface area contributed by atoms with Gasteiger partial charge in [-0.05, 0) is 31.0 Å². The van der Waals surface area contributed by atoms with Gasteiger partial charge in [0.15, 0.2) is 0 Å². The van der Waals surface area contributed by atoms with Gasteiger partial charge < -0.3 is 16.0 Å². The highest BCUT2D eigenvalue weighted by Crippen LogP contribution is 2.25. The van der Waals surface area contributed by atoms with E-state index in [1.54, 1.807) is 30.1 Å². The number of hydrogen-bond donors (Lipinski definition) is 2. The lowest BCUT2D eigenvalue weighted by molar-refractivity contribution is -0.124. The zero-order valence-electron chi connectivity index (χ0n) is 11.1. The standard InChI is InChI=1S/C13H16ClN3O2.ClH/c1-16-12(18)11-3-2-6-17(11)13(19)9-5-4-8(15)7-10(9)14;/h4-5,7,11H,2-3,6,15H2,1H3,(H,16,18);1H. The summed E-state index contributed by atoms with van der Waals surface area (Å²) >= 11 is 6.04. The van der Waals surface area contributed by atoms with Crippen molar-refractivity contribution >= 4 is 41.5 Å². The average Bonchev–Trinajstić information content (AvgIpc) is 2.86. The normalized spacial score (nSPS) is 17.5. The summed E-state index contributed by atoms with van der Waals surface area (Å²) in [5.41, 5.74) is 6.49. The molecule has 0 saturated carbocycles. The van der Waals surface area contributed by atoms with Crippen molar-refractivity contribution < 1.29 is 9.59 Å². The number of hydrogen-bond acceptors (Lipinski definition) is 3. The van der Waals surface area contributed by atoms with E-state index < -0.39 is 6.04 Å². The van der Waals surface area contributed by atoms with Gasteiger partial charge in [0.05, 0.1) is 10.6 Å². The topological polar surface area (TPSA) is 75.4 Å². The fourth-order valence-electron chi connectivity index (χ4n) is 2.31. The largest absolute Gasteiger partial charge is 0.399 e. The molecule has 1 unspecified atom stereocenters. The van der Waals surface area contributed by atoms with Gasteiger partial charge in [-0.15, -0.1) is 12.4 Å². The van der Waals surface area contributed by atoms with E-state index in [4.69, 9.17) is 17.3 Å². The number of benzene rings is 1. The van der Waals surface area contributed by atoms with Gasteiger partial charge in [0, 0.05) is 19.3 Å². The number of halogens is 2. The molecule has 5 nitrogen and oxygen atoms in total. The molecule has 0 radical (unpaired) electrons. The molecule has 1 aromatic rings. The van der Waals surface area contributed by atoms with Crippen LogP contribution < -0.4 is 11.1 Å². The molecule has 110 valence electrons. The summed E-state index contributed by atoms with van der Waals surface area (Å²) in [7, 11) is 1.57. The van der Waals surface area contributed by atoms with Crippen molar-refractivity contribution in [1.29, 1.82) is 0 Å². The highest BCUT2D eigenvalue weighted by atomic mass is 35.5. The monoisotopic (exact) mass is 317 g/mol. The van der Waals surface area contributed by atoms with Crippen molar-refractivity contribution in [1.82, 2.24) is 10.2 Å². The minimum Gasteiger partial charge on any atom is -0.399 e. The summed E-state index contributed by atoms with van der Waals surface area (Å²) in [6.07, 6.45) is 1.49. The maximum atomic E-state index is 12.4. The SMILES string of the molecule is CNC(=O)C1CCCN1C(=O)c1ccc(N)cc1Cl.Cl. The van der Waals surface area contributed by atoms with Crippen molar-refractivity contribution in [3.8, 4) is 0 Å². The van der Waals surface area contributed by atoms with E-state index in [1.807, 2.05) is 0 Å². The van der Waals surface area contributed by atoms with Crippen LogP contribution in [0.15, 0.2) is 18.2 Å².